The lowest BCUT2D eigenvalue weighted by Crippen LogP contribution is -1.85. The quantitative estimate of drug-likeness (QED) is 0.724. The maximum Gasteiger partial charge on any atom is 0.188 e. The van der Waals surface area contributed by atoms with Gasteiger partial charge < -0.3 is 5.32 Å². The summed E-state index contributed by atoms with van der Waals surface area (Å²) in [6.45, 7) is 2.09. The SMILES string of the molecule is Cc1cccc2sc(Nc3ccsc3)nc12. The number of fused-ring (bicyclic) bond motifs is 1. The van der Waals surface area contributed by atoms with Gasteiger partial charge in [0.1, 0.15) is 0 Å². The van der Waals surface area contributed by atoms with Gasteiger partial charge in [-0.2, -0.15) is 11.3 Å². The molecule has 0 fully saturated rings. The van der Waals surface area contributed by atoms with Gasteiger partial charge in [-0.1, -0.05) is 23.5 Å². The van der Waals surface area contributed by atoms with Crippen LogP contribution in [0, 0.1) is 6.92 Å². The first-order valence-electron chi connectivity index (χ1n) is 4.98. The fourth-order valence-electron chi connectivity index (χ4n) is 1.60. The molecule has 0 aliphatic rings. The van der Waals surface area contributed by atoms with Crippen molar-refractivity contribution in [3.8, 4) is 0 Å². The Morgan fingerprint density at radius 2 is 2.19 bits per heavy atom. The number of thiazole rings is 1. The first kappa shape index (κ1) is 9.81. The second-order valence-corrected chi connectivity index (χ2v) is 5.39. The third-order valence-corrected chi connectivity index (χ3v) is 4.01. The minimum Gasteiger partial charge on any atom is -0.331 e. The van der Waals surface area contributed by atoms with Crippen molar-refractivity contribution >= 4 is 43.7 Å². The number of aryl methyl sites for hydroxylation is 1. The number of rotatable bonds is 2. The first-order valence-corrected chi connectivity index (χ1v) is 6.74. The Kier molecular flexibility index (Phi) is 2.38. The standard InChI is InChI=1S/C12H10N2S2/c1-8-3-2-4-10-11(8)14-12(16-10)13-9-5-6-15-7-9/h2-7H,1H3,(H,13,14). The van der Waals surface area contributed by atoms with E-state index in [0.29, 0.717) is 0 Å². The van der Waals surface area contributed by atoms with Crippen LogP contribution in [0.2, 0.25) is 0 Å². The van der Waals surface area contributed by atoms with Crippen molar-refractivity contribution < 1.29 is 0 Å². The number of nitrogens with zero attached hydrogens (tertiary/aromatic N) is 1. The minimum atomic E-state index is 0.961. The third-order valence-electron chi connectivity index (χ3n) is 2.39. The van der Waals surface area contributed by atoms with Crippen molar-refractivity contribution in [1.29, 1.82) is 0 Å². The summed E-state index contributed by atoms with van der Waals surface area (Å²) in [5.41, 5.74) is 3.44. The number of nitrogens with one attached hydrogen (secondary N) is 1. The molecule has 0 saturated carbocycles. The number of benzene rings is 1. The van der Waals surface area contributed by atoms with Crippen LogP contribution in [0.4, 0.5) is 10.8 Å². The van der Waals surface area contributed by atoms with Crippen LogP contribution < -0.4 is 5.32 Å². The van der Waals surface area contributed by atoms with Crippen molar-refractivity contribution in [3.63, 3.8) is 0 Å². The van der Waals surface area contributed by atoms with E-state index < -0.39 is 0 Å². The maximum absolute atomic E-state index is 4.60. The molecule has 0 atom stereocenters. The molecule has 2 aromatic heterocycles. The number of anilines is 2. The van der Waals surface area contributed by atoms with Gasteiger partial charge >= 0.3 is 0 Å². The number of thiophene rings is 1. The van der Waals surface area contributed by atoms with E-state index in [1.165, 1.54) is 10.3 Å². The van der Waals surface area contributed by atoms with Gasteiger partial charge in [0, 0.05) is 5.38 Å². The van der Waals surface area contributed by atoms with Crippen LogP contribution in [0.15, 0.2) is 35.0 Å². The predicted octanol–water partition coefficient (Wildman–Crippen LogP) is 4.41. The molecule has 0 aliphatic heterocycles. The molecule has 1 aromatic carbocycles. The lowest BCUT2D eigenvalue weighted by atomic mass is 10.2. The van der Waals surface area contributed by atoms with E-state index in [9.17, 15) is 0 Å². The summed E-state index contributed by atoms with van der Waals surface area (Å²) in [7, 11) is 0. The van der Waals surface area contributed by atoms with E-state index in [0.717, 1.165) is 16.3 Å². The number of aromatic nitrogens is 1. The molecule has 0 aliphatic carbocycles. The first-order chi connectivity index (χ1) is 7.83. The highest BCUT2D eigenvalue weighted by atomic mass is 32.1. The van der Waals surface area contributed by atoms with E-state index >= 15 is 0 Å². The fraction of sp³-hybridized carbons (Fsp3) is 0.0833. The summed E-state index contributed by atoms with van der Waals surface area (Å²) >= 11 is 3.38. The number of hydrogen-bond donors (Lipinski definition) is 1. The highest BCUT2D eigenvalue weighted by Gasteiger charge is 2.05. The van der Waals surface area contributed by atoms with E-state index in [2.05, 4.69) is 52.3 Å². The van der Waals surface area contributed by atoms with Crippen LogP contribution in [-0.2, 0) is 0 Å². The maximum atomic E-state index is 4.60. The lowest BCUT2D eigenvalue weighted by molar-refractivity contribution is 1.41. The number of para-hydroxylation sites is 1. The lowest BCUT2D eigenvalue weighted by Gasteiger charge is -1.95. The Morgan fingerprint density at radius 3 is 2.94 bits per heavy atom. The Labute approximate surface area is 102 Å². The Bertz CT molecular complexity index is 611. The summed E-state index contributed by atoms with van der Waals surface area (Å²) in [5, 5.41) is 8.42. The largest absolute Gasteiger partial charge is 0.331 e. The molecule has 3 aromatic rings. The molecule has 0 spiro atoms. The zero-order chi connectivity index (χ0) is 11.0. The summed E-state index contributed by atoms with van der Waals surface area (Å²) in [6, 6.07) is 8.34. The summed E-state index contributed by atoms with van der Waals surface area (Å²) < 4.78 is 1.23. The molecule has 1 N–H and O–H groups in total. The van der Waals surface area contributed by atoms with Gasteiger partial charge in [-0.25, -0.2) is 4.98 Å². The normalized spacial score (nSPS) is 10.8. The van der Waals surface area contributed by atoms with Crippen molar-refractivity contribution in [2.45, 2.75) is 6.92 Å². The van der Waals surface area contributed by atoms with Crippen LogP contribution in [0.25, 0.3) is 10.2 Å². The second kappa shape index (κ2) is 3.88. The van der Waals surface area contributed by atoms with Gasteiger partial charge in [-0.15, -0.1) is 0 Å². The van der Waals surface area contributed by atoms with Crippen molar-refractivity contribution in [2.75, 3.05) is 5.32 Å². The van der Waals surface area contributed by atoms with Gasteiger partial charge in [-0.3, -0.25) is 0 Å². The summed E-state index contributed by atoms with van der Waals surface area (Å²) in [5.74, 6) is 0. The third kappa shape index (κ3) is 1.70. The smallest absolute Gasteiger partial charge is 0.188 e. The van der Waals surface area contributed by atoms with E-state index in [1.807, 2.05) is 0 Å². The molecule has 4 heteroatoms. The van der Waals surface area contributed by atoms with Gasteiger partial charge in [0.15, 0.2) is 5.13 Å². The molecular weight excluding hydrogens is 236 g/mol. The molecule has 3 rings (SSSR count). The van der Waals surface area contributed by atoms with Crippen molar-refractivity contribution in [1.82, 2.24) is 4.98 Å². The molecule has 0 saturated heterocycles. The zero-order valence-corrected chi connectivity index (χ0v) is 10.4. The van der Waals surface area contributed by atoms with E-state index in [4.69, 9.17) is 0 Å². The Balaban J connectivity index is 2.02. The van der Waals surface area contributed by atoms with Gasteiger partial charge in [0.25, 0.3) is 0 Å². The van der Waals surface area contributed by atoms with Gasteiger partial charge in [0.05, 0.1) is 15.9 Å². The summed E-state index contributed by atoms with van der Waals surface area (Å²) in [4.78, 5) is 4.60. The minimum absolute atomic E-state index is 0.961. The zero-order valence-electron chi connectivity index (χ0n) is 8.73. The molecule has 2 nitrogen and oxygen atoms in total. The van der Waals surface area contributed by atoms with E-state index in [-0.39, 0.29) is 0 Å². The van der Waals surface area contributed by atoms with Crippen molar-refractivity contribution in [3.05, 3.63) is 40.6 Å². The topological polar surface area (TPSA) is 24.9 Å². The van der Waals surface area contributed by atoms with Crippen molar-refractivity contribution in [2.24, 2.45) is 0 Å². The van der Waals surface area contributed by atoms with Crippen LogP contribution >= 0.6 is 22.7 Å². The van der Waals surface area contributed by atoms with Gasteiger partial charge in [0.2, 0.25) is 0 Å². The molecule has 0 bridgehead atoms. The van der Waals surface area contributed by atoms with Crippen LogP contribution in [-0.4, -0.2) is 4.98 Å². The number of hydrogen-bond acceptors (Lipinski definition) is 4. The summed E-state index contributed by atoms with van der Waals surface area (Å²) in [6.07, 6.45) is 0. The highest BCUT2D eigenvalue weighted by molar-refractivity contribution is 7.22. The Hall–Kier alpha value is -1.39. The van der Waals surface area contributed by atoms with E-state index in [1.54, 1.807) is 22.7 Å². The molecular formula is C12H10N2S2. The molecule has 0 radical (unpaired) electrons. The average molecular weight is 246 g/mol. The molecule has 0 unspecified atom stereocenters. The van der Waals surface area contributed by atoms with Crippen LogP contribution in [0.3, 0.4) is 0 Å². The van der Waals surface area contributed by atoms with Crippen LogP contribution in [0.1, 0.15) is 5.56 Å². The monoisotopic (exact) mass is 246 g/mol. The average Bonchev–Trinajstić information content (AvgIpc) is 2.88. The second-order valence-electron chi connectivity index (χ2n) is 3.58. The highest BCUT2D eigenvalue weighted by Crippen LogP contribution is 2.30. The molecule has 2 heterocycles. The molecule has 80 valence electrons. The Morgan fingerprint density at radius 1 is 1.25 bits per heavy atom. The van der Waals surface area contributed by atoms with Gasteiger partial charge in [-0.05, 0) is 30.0 Å². The van der Waals surface area contributed by atoms with Crippen LogP contribution in [0.5, 0.6) is 0 Å². The fourth-order valence-corrected chi connectivity index (χ4v) is 3.15. The molecule has 16 heavy (non-hydrogen) atoms. The molecule has 0 amide bonds. The predicted molar refractivity (Wildman–Crippen MR) is 72.0 cm³/mol.